The lowest BCUT2D eigenvalue weighted by Crippen LogP contribution is -2.41. The first-order valence-corrected chi connectivity index (χ1v) is 9.81. The molecule has 2 aromatic carbocycles. The van der Waals surface area contributed by atoms with Gasteiger partial charge in [0, 0.05) is 17.8 Å². The molecule has 1 aliphatic rings. The maximum Gasteiger partial charge on any atom is 0.322 e. The maximum atomic E-state index is 13.0. The zero-order chi connectivity index (χ0) is 19.3. The molecule has 0 bridgehead atoms. The highest BCUT2D eigenvalue weighted by molar-refractivity contribution is 5.90. The van der Waals surface area contributed by atoms with E-state index in [2.05, 4.69) is 22.4 Å². The van der Waals surface area contributed by atoms with E-state index in [-0.39, 0.29) is 12.1 Å². The van der Waals surface area contributed by atoms with Gasteiger partial charge in [0.25, 0.3) is 0 Å². The molecule has 1 N–H and O–H groups in total. The Hall–Kier alpha value is -3.15. The average molecular weight is 376 g/mol. The summed E-state index contributed by atoms with van der Waals surface area (Å²) >= 11 is 0. The molecular weight excluding hydrogens is 352 g/mol. The number of anilines is 1. The molecule has 28 heavy (non-hydrogen) atoms. The van der Waals surface area contributed by atoms with Crippen molar-refractivity contribution in [3.05, 3.63) is 66.1 Å². The fourth-order valence-corrected chi connectivity index (χ4v) is 3.64. The van der Waals surface area contributed by atoms with Gasteiger partial charge in [-0.1, -0.05) is 60.6 Å². The van der Waals surface area contributed by atoms with Gasteiger partial charge in [0.2, 0.25) is 11.7 Å². The molecule has 1 fully saturated rings. The molecule has 3 aromatic rings. The highest BCUT2D eigenvalue weighted by Crippen LogP contribution is 2.32. The summed E-state index contributed by atoms with van der Waals surface area (Å²) in [6.07, 6.45) is 3.69. The Kier molecular flexibility index (Phi) is 5.37. The van der Waals surface area contributed by atoms with Crippen LogP contribution < -0.4 is 5.32 Å². The fourth-order valence-electron chi connectivity index (χ4n) is 3.64. The Labute approximate surface area is 164 Å². The number of carbonyl (C=O) groups excluding carboxylic acids is 1. The number of aromatic nitrogens is 2. The average Bonchev–Trinajstić information content (AvgIpc) is 3.25. The van der Waals surface area contributed by atoms with E-state index in [1.165, 1.54) is 0 Å². The second kappa shape index (κ2) is 8.25. The molecule has 144 valence electrons. The van der Waals surface area contributed by atoms with E-state index in [4.69, 9.17) is 4.52 Å². The van der Waals surface area contributed by atoms with Crippen molar-refractivity contribution in [3.63, 3.8) is 0 Å². The molecular formula is C22H24N4O2. The number of likely N-dealkylation sites (tertiary alicyclic amines) is 1. The highest BCUT2D eigenvalue weighted by Gasteiger charge is 2.32. The van der Waals surface area contributed by atoms with Gasteiger partial charge in [0.05, 0.1) is 0 Å². The number of hydrogen-bond acceptors (Lipinski definition) is 4. The van der Waals surface area contributed by atoms with Gasteiger partial charge in [-0.15, -0.1) is 0 Å². The smallest absolute Gasteiger partial charge is 0.322 e. The second-order valence-corrected chi connectivity index (χ2v) is 6.97. The molecule has 1 saturated heterocycles. The Balaban J connectivity index is 1.55. The number of urea groups is 1. The number of hydrogen-bond donors (Lipinski definition) is 1. The Bertz CT molecular complexity index is 938. The normalized spacial score (nSPS) is 16.8. The summed E-state index contributed by atoms with van der Waals surface area (Å²) < 4.78 is 5.55. The minimum atomic E-state index is -0.201. The number of nitrogens with one attached hydrogen (secondary N) is 1. The third-order valence-corrected chi connectivity index (χ3v) is 5.16. The molecule has 1 aliphatic heterocycles. The monoisotopic (exact) mass is 376 g/mol. The Morgan fingerprint density at radius 2 is 1.93 bits per heavy atom. The van der Waals surface area contributed by atoms with Crippen LogP contribution in [0.4, 0.5) is 10.5 Å². The number of benzene rings is 2. The summed E-state index contributed by atoms with van der Waals surface area (Å²) in [6.45, 7) is 2.76. The van der Waals surface area contributed by atoms with Crippen LogP contribution in [-0.4, -0.2) is 27.6 Å². The topological polar surface area (TPSA) is 71.3 Å². The summed E-state index contributed by atoms with van der Waals surface area (Å²) in [6, 6.07) is 17.3. The summed E-state index contributed by atoms with van der Waals surface area (Å²) in [7, 11) is 0. The number of para-hydroxylation sites is 1. The van der Waals surface area contributed by atoms with E-state index in [1.54, 1.807) is 0 Å². The van der Waals surface area contributed by atoms with Crippen LogP contribution in [-0.2, 0) is 6.42 Å². The first-order chi connectivity index (χ1) is 13.8. The first-order valence-electron chi connectivity index (χ1n) is 9.81. The van der Waals surface area contributed by atoms with Crippen molar-refractivity contribution in [2.45, 2.75) is 38.6 Å². The third-order valence-electron chi connectivity index (χ3n) is 5.16. The van der Waals surface area contributed by atoms with Crippen molar-refractivity contribution in [1.82, 2.24) is 15.0 Å². The predicted molar refractivity (Wildman–Crippen MR) is 108 cm³/mol. The van der Waals surface area contributed by atoms with Crippen LogP contribution in [0.15, 0.2) is 59.1 Å². The van der Waals surface area contributed by atoms with Crippen LogP contribution in [0, 0.1) is 0 Å². The predicted octanol–water partition coefficient (Wildman–Crippen LogP) is 5.06. The SMILES string of the molecule is CCc1ccccc1NC(=O)N1CCCCC1c1nc(-c2ccccc2)no1. The van der Waals surface area contributed by atoms with Crippen LogP contribution in [0.5, 0.6) is 0 Å². The van der Waals surface area contributed by atoms with Gasteiger partial charge in [-0.2, -0.15) is 4.98 Å². The van der Waals surface area contributed by atoms with Crippen molar-refractivity contribution in [3.8, 4) is 11.4 Å². The Morgan fingerprint density at radius 3 is 2.75 bits per heavy atom. The molecule has 0 saturated carbocycles. The molecule has 1 atom stereocenters. The number of carbonyl (C=O) groups is 1. The minimum absolute atomic E-state index is 0.120. The number of amides is 2. The minimum Gasteiger partial charge on any atom is -0.337 e. The standard InChI is InChI=1S/C22H24N4O2/c1-2-16-10-6-7-13-18(16)23-22(27)26-15-9-8-14-19(26)21-24-20(25-28-21)17-11-4-3-5-12-17/h3-7,10-13,19H,2,8-9,14-15H2,1H3,(H,23,27). The van der Waals surface area contributed by atoms with Crippen molar-refractivity contribution in [1.29, 1.82) is 0 Å². The van der Waals surface area contributed by atoms with E-state index in [9.17, 15) is 4.79 Å². The zero-order valence-electron chi connectivity index (χ0n) is 16.0. The summed E-state index contributed by atoms with van der Waals surface area (Å²) in [4.78, 5) is 19.4. The van der Waals surface area contributed by atoms with E-state index in [0.717, 1.165) is 42.5 Å². The largest absolute Gasteiger partial charge is 0.337 e. The van der Waals surface area contributed by atoms with Gasteiger partial charge >= 0.3 is 6.03 Å². The van der Waals surface area contributed by atoms with Gasteiger partial charge in [0.1, 0.15) is 6.04 Å². The van der Waals surface area contributed by atoms with Crippen molar-refractivity contribution < 1.29 is 9.32 Å². The number of aryl methyl sites for hydroxylation is 1. The van der Waals surface area contributed by atoms with Crippen molar-refractivity contribution in [2.24, 2.45) is 0 Å². The quantitative estimate of drug-likeness (QED) is 0.691. The molecule has 0 radical (unpaired) electrons. The molecule has 0 spiro atoms. The van der Waals surface area contributed by atoms with Crippen molar-refractivity contribution in [2.75, 3.05) is 11.9 Å². The number of rotatable bonds is 4. The van der Waals surface area contributed by atoms with Gasteiger partial charge in [-0.05, 0) is 37.3 Å². The van der Waals surface area contributed by atoms with Crippen LogP contribution in [0.25, 0.3) is 11.4 Å². The lowest BCUT2D eigenvalue weighted by Gasteiger charge is -2.33. The van der Waals surface area contributed by atoms with Crippen LogP contribution >= 0.6 is 0 Å². The van der Waals surface area contributed by atoms with Gasteiger partial charge in [-0.3, -0.25) is 0 Å². The molecule has 2 heterocycles. The number of piperidine rings is 1. The molecule has 2 amide bonds. The summed E-state index contributed by atoms with van der Waals surface area (Å²) in [5.41, 5.74) is 2.88. The molecule has 1 aromatic heterocycles. The van der Waals surface area contributed by atoms with Gasteiger partial charge in [-0.25, -0.2) is 4.79 Å². The van der Waals surface area contributed by atoms with Crippen molar-refractivity contribution >= 4 is 11.7 Å². The fraction of sp³-hybridized carbons (Fsp3) is 0.318. The van der Waals surface area contributed by atoms with Crippen LogP contribution in [0.1, 0.15) is 43.7 Å². The second-order valence-electron chi connectivity index (χ2n) is 6.97. The zero-order valence-corrected chi connectivity index (χ0v) is 16.0. The van der Waals surface area contributed by atoms with E-state index in [1.807, 2.05) is 59.5 Å². The third kappa shape index (κ3) is 3.76. The van der Waals surface area contributed by atoms with Crippen LogP contribution in [0.2, 0.25) is 0 Å². The first kappa shape index (κ1) is 18.2. The lowest BCUT2D eigenvalue weighted by atomic mass is 10.0. The van der Waals surface area contributed by atoms with Crippen LogP contribution in [0.3, 0.4) is 0 Å². The molecule has 6 heteroatoms. The molecule has 0 aliphatic carbocycles. The highest BCUT2D eigenvalue weighted by atomic mass is 16.5. The van der Waals surface area contributed by atoms with E-state index in [0.29, 0.717) is 18.3 Å². The summed E-state index contributed by atoms with van der Waals surface area (Å²) in [5, 5.41) is 7.19. The van der Waals surface area contributed by atoms with E-state index >= 15 is 0 Å². The lowest BCUT2D eigenvalue weighted by molar-refractivity contribution is 0.142. The number of nitrogens with zero attached hydrogens (tertiary/aromatic N) is 3. The molecule has 1 unspecified atom stereocenters. The maximum absolute atomic E-state index is 13.0. The molecule has 6 nitrogen and oxygen atoms in total. The van der Waals surface area contributed by atoms with Gasteiger partial charge < -0.3 is 14.7 Å². The Morgan fingerprint density at radius 1 is 1.14 bits per heavy atom. The summed E-state index contributed by atoms with van der Waals surface area (Å²) in [5.74, 6) is 1.05. The molecule has 4 rings (SSSR count). The van der Waals surface area contributed by atoms with E-state index < -0.39 is 0 Å². The van der Waals surface area contributed by atoms with Gasteiger partial charge in [0.15, 0.2) is 0 Å².